The lowest BCUT2D eigenvalue weighted by atomic mass is 10.1. The number of rotatable bonds is 1. The van der Waals surface area contributed by atoms with Crippen LogP contribution in [0, 0.1) is 13.8 Å². The molecule has 0 aromatic carbocycles. The summed E-state index contributed by atoms with van der Waals surface area (Å²) in [4.78, 5) is 0. The average molecular weight is 217 g/mol. The van der Waals surface area contributed by atoms with Crippen LogP contribution in [0.1, 0.15) is 23.1 Å². The largest absolute Gasteiger partial charge is 0.464 e. The van der Waals surface area contributed by atoms with E-state index in [1.165, 1.54) is 5.56 Å². The lowest BCUT2D eigenvalue weighted by Gasteiger charge is -2.22. The van der Waals surface area contributed by atoms with E-state index in [9.17, 15) is 0 Å². The van der Waals surface area contributed by atoms with Gasteiger partial charge in [0.05, 0.1) is 6.04 Å². The third-order valence-corrected chi connectivity index (χ3v) is 2.57. The van der Waals surface area contributed by atoms with Gasteiger partial charge in [-0.25, -0.2) is 0 Å². The van der Waals surface area contributed by atoms with Gasteiger partial charge in [0.1, 0.15) is 11.5 Å². The fourth-order valence-electron chi connectivity index (χ4n) is 1.63. The van der Waals surface area contributed by atoms with Crippen LogP contribution in [0.4, 0.5) is 0 Å². The molecule has 0 saturated carbocycles. The first-order valence-electron chi connectivity index (χ1n) is 4.78. The fraction of sp³-hybridized carbons (Fsp3) is 0.600. The van der Waals surface area contributed by atoms with Crippen molar-refractivity contribution in [2.24, 2.45) is 0 Å². The van der Waals surface area contributed by atoms with E-state index in [-0.39, 0.29) is 12.4 Å². The first kappa shape index (κ1) is 11.6. The monoisotopic (exact) mass is 216 g/mol. The van der Waals surface area contributed by atoms with Gasteiger partial charge in [0, 0.05) is 19.6 Å². The van der Waals surface area contributed by atoms with Crippen LogP contribution >= 0.6 is 12.4 Å². The van der Waals surface area contributed by atoms with Crippen molar-refractivity contribution < 1.29 is 4.42 Å². The van der Waals surface area contributed by atoms with Crippen molar-refractivity contribution in [3.05, 3.63) is 23.2 Å². The molecule has 1 atom stereocenters. The number of aryl methyl sites for hydroxylation is 2. The first-order chi connectivity index (χ1) is 6.27. The summed E-state index contributed by atoms with van der Waals surface area (Å²) in [6.07, 6.45) is 0. The van der Waals surface area contributed by atoms with Gasteiger partial charge in [0.2, 0.25) is 0 Å². The predicted octanol–water partition coefficient (Wildman–Crippen LogP) is 1.55. The molecule has 1 aromatic rings. The van der Waals surface area contributed by atoms with E-state index in [1.54, 1.807) is 0 Å². The molecule has 2 N–H and O–H groups in total. The molecule has 3 nitrogen and oxygen atoms in total. The molecule has 1 aromatic heterocycles. The van der Waals surface area contributed by atoms with E-state index in [0.29, 0.717) is 6.04 Å². The van der Waals surface area contributed by atoms with Gasteiger partial charge in [-0.3, -0.25) is 0 Å². The number of piperazine rings is 1. The summed E-state index contributed by atoms with van der Waals surface area (Å²) < 4.78 is 5.65. The SMILES string of the molecule is Cc1cc([C@H]2CNCCN2)oc1C.Cl. The topological polar surface area (TPSA) is 37.2 Å². The molecule has 80 valence electrons. The van der Waals surface area contributed by atoms with Gasteiger partial charge < -0.3 is 15.1 Å². The van der Waals surface area contributed by atoms with Gasteiger partial charge in [0.15, 0.2) is 0 Å². The van der Waals surface area contributed by atoms with Crippen molar-refractivity contribution in [3.8, 4) is 0 Å². The van der Waals surface area contributed by atoms with Crippen molar-refractivity contribution >= 4 is 12.4 Å². The van der Waals surface area contributed by atoms with Crippen LogP contribution < -0.4 is 10.6 Å². The molecule has 0 bridgehead atoms. The van der Waals surface area contributed by atoms with E-state index in [0.717, 1.165) is 31.2 Å². The van der Waals surface area contributed by atoms with Crippen LogP contribution in [0.2, 0.25) is 0 Å². The second-order valence-corrected chi connectivity index (χ2v) is 3.60. The van der Waals surface area contributed by atoms with E-state index in [1.807, 2.05) is 6.92 Å². The molecule has 1 fully saturated rings. The van der Waals surface area contributed by atoms with Crippen LogP contribution in [0.15, 0.2) is 10.5 Å². The highest BCUT2D eigenvalue weighted by atomic mass is 35.5. The highest BCUT2D eigenvalue weighted by molar-refractivity contribution is 5.85. The van der Waals surface area contributed by atoms with E-state index < -0.39 is 0 Å². The molecule has 4 heteroatoms. The Morgan fingerprint density at radius 2 is 2.14 bits per heavy atom. The molecule has 1 saturated heterocycles. The summed E-state index contributed by atoms with van der Waals surface area (Å²) in [5.74, 6) is 2.09. The fourth-order valence-corrected chi connectivity index (χ4v) is 1.63. The highest BCUT2D eigenvalue weighted by Gasteiger charge is 2.18. The lowest BCUT2D eigenvalue weighted by molar-refractivity contribution is 0.356. The minimum Gasteiger partial charge on any atom is -0.464 e. The second kappa shape index (κ2) is 4.82. The van der Waals surface area contributed by atoms with Crippen LogP contribution in [0.25, 0.3) is 0 Å². The molecule has 0 unspecified atom stereocenters. The van der Waals surface area contributed by atoms with Crippen LogP contribution in [-0.2, 0) is 0 Å². The molecule has 0 aliphatic carbocycles. The van der Waals surface area contributed by atoms with Crippen molar-refractivity contribution in [1.29, 1.82) is 0 Å². The molecule has 0 spiro atoms. The molecular formula is C10H17ClN2O. The van der Waals surface area contributed by atoms with Crippen molar-refractivity contribution in [1.82, 2.24) is 10.6 Å². The maximum Gasteiger partial charge on any atom is 0.122 e. The zero-order valence-electron chi connectivity index (χ0n) is 8.59. The third kappa shape index (κ3) is 2.29. The van der Waals surface area contributed by atoms with E-state index in [4.69, 9.17) is 4.42 Å². The molecule has 0 radical (unpaired) electrons. The normalized spacial score (nSPS) is 21.7. The summed E-state index contributed by atoms with van der Waals surface area (Å²) in [5.41, 5.74) is 1.24. The van der Waals surface area contributed by atoms with Gasteiger partial charge in [-0.1, -0.05) is 0 Å². The van der Waals surface area contributed by atoms with Crippen LogP contribution in [0.5, 0.6) is 0 Å². The number of hydrogen-bond donors (Lipinski definition) is 2. The maximum atomic E-state index is 5.65. The minimum absolute atomic E-state index is 0. The van der Waals surface area contributed by atoms with E-state index >= 15 is 0 Å². The molecule has 1 aliphatic heterocycles. The van der Waals surface area contributed by atoms with E-state index in [2.05, 4.69) is 23.6 Å². The molecule has 2 rings (SSSR count). The summed E-state index contributed by atoms with van der Waals surface area (Å²) >= 11 is 0. The Hall–Kier alpha value is -0.510. The van der Waals surface area contributed by atoms with Gasteiger partial charge in [-0.15, -0.1) is 12.4 Å². The Morgan fingerprint density at radius 3 is 2.64 bits per heavy atom. The number of furan rings is 1. The second-order valence-electron chi connectivity index (χ2n) is 3.60. The Morgan fingerprint density at radius 1 is 1.36 bits per heavy atom. The summed E-state index contributed by atoms with van der Waals surface area (Å²) in [7, 11) is 0. The van der Waals surface area contributed by atoms with Gasteiger partial charge in [-0.05, 0) is 25.5 Å². The highest BCUT2D eigenvalue weighted by Crippen LogP contribution is 2.20. The molecule has 2 heterocycles. The van der Waals surface area contributed by atoms with Gasteiger partial charge in [0.25, 0.3) is 0 Å². The molecule has 14 heavy (non-hydrogen) atoms. The van der Waals surface area contributed by atoms with Crippen molar-refractivity contribution in [2.75, 3.05) is 19.6 Å². The number of hydrogen-bond acceptors (Lipinski definition) is 3. The molecular weight excluding hydrogens is 200 g/mol. The van der Waals surface area contributed by atoms with Crippen molar-refractivity contribution in [2.45, 2.75) is 19.9 Å². The third-order valence-electron chi connectivity index (χ3n) is 2.57. The molecule has 1 aliphatic rings. The Balaban J connectivity index is 0.000000980. The zero-order chi connectivity index (χ0) is 9.26. The zero-order valence-corrected chi connectivity index (χ0v) is 9.41. The Labute approximate surface area is 90.7 Å². The number of halogens is 1. The van der Waals surface area contributed by atoms with Crippen LogP contribution in [-0.4, -0.2) is 19.6 Å². The average Bonchev–Trinajstić information content (AvgIpc) is 2.49. The van der Waals surface area contributed by atoms with Crippen LogP contribution in [0.3, 0.4) is 0 Å². The quantitative estimate of drug-likeness (QED) is 0.748. The summed E-state index contributed by atoms with van der Waals surface area (Å²) in [5, 5.41) is 6.76. The summed E-state index contributed by atoms with van der Waals surface area (Å²) in [6.45, 7) is 7.12. The van der Waals surface area contributed by atoms with Gasteiger partial charge >= 0.3 is 0 Å². The standard InChI is InChI=1S/C10H16N2O.ClH/c1-7-5-10(13-8(7)2)9-6-11-3-4-12-9;/h5,9,11-12H,3-4,6H2,1-2H3;1H/t9-;/m1./s1. The Kier molecular flexibility index (Phi) is 3.98. The lowest BCUT2D eigenvalue weighted by Crippen LogP contribution is -2.42. The Bertz CT molecular complexity index is 273. The maximum absolute atomic E-state index is 5.65. The summed E-state index contributed by atoms with van der Waals surface area (Å²) in [6, 6.07) is 2.47. The number of nitrogens with one attached hydrogen (secondary N) is 2. The first-order valence-corrected chi connectivity index (χ1v) is 4.78. The molecule has 0 amide bonds. The predicted molar refractivity (Wildman–Crippen MR) is 59.0 cm³/mol. The smallest absolute Gasteiger partial charge is 0.122 e. The minimum atomic E-state index is 0. The van der Waals surface area contributed by atoms with Crippen molar-refractivity contribution in [3.63, 3.8) is 0 Å². The van der Waals surface area contributed by atoms with Gasteiger partial charge in [-0.2, -0.15) is 0 Å².